The lowest BCUT2D eigenvalue weighted by atomic mass is 9.68. The molecule has 0 amide bonds. The lowest BCUT2D eigenvalue weighted by molar-refractivity contribution is -0.158. The average molecular weight is 360 g/mol. The normalized spacial score (nSPS) is 27.5. The molecule has 2 saturated heterocycles. The van der Waals surface area contributed by atoms with E-state index in [0.29, 0.717) is 13.0 Å². The number of piperidine rings is 2. The number of carboxylic acid groups (broad SMARTS) is 1. The minimum absolute atomic E-state index is 0.0255. The van der Waals surface area contributed by atoms with Gasteiger partial charge in [0.2, 0.25) is 0 Å². The molecule has 0 unspecified atom stereocenters. The van der Waals surface area contributed by atoms with Crippen molar-refractivity contribution < 1.29 is 9.90 Å². The van der Waals surface area contributed by atoms with Crippen molar-refractivity contribution in [3.63, 3.8) is 0 Å². The summed E-state index contributed by atoms with van der Waals surface area (Å²) in [6, 6.07) is 0.0255. The highest BCUT2D eigenvalue weighted by Crippen LogP contribution is 2.44. The van der Waals surface area contributed by atoms with Crippen LogP contribution in [0.1, 0.15) is 29.7 Å². The van der Waals surface area contributed by atoms with Gasteiger partial charge in [0.05, 0.1) is 10.8 Å². The number of aliphatic carboxylic acids is 1. The summed E-state index contributed by atoms with van der Waals surface area (Å²) < 4.78 is 0. The third kappa shape index (κ3) is 2.44. The van der Waals surface area contributed by atoms with E-state index in [9.17, 15) is 9.90 Å². The molecule has 0 radical (unpaired) electrons. The van der Waals surface area contributed by atoms with Gasteiger partial charge in [-0.15, -0.1) is 11.3 Å². The molecule has 0 spiro atoms. The number of carbonyl (C=O) groups is 1. The first-order chi connectivity index (χ1) is 11.9. The van der Waals surface area contributed by atoms with Gasteiger partial charge >= 0.3 is 5.97 Å². The quantitative estimate of drug-likeness (QED) is 0.888. The van der Waals surface area contributed by atoms with E-state index in [0.717, 1.165) is 42.0 Å². The second kappa shape index (κ2) is 5.92. The summed E-state index contributed by atoms with van der Waals surface area (Å²) in [5.41, 5.74) is 0.623. The van der Waals surface area contributed by atoms with Gasteiger partial charge in [0.15, 0.2) is 0 Å². The topological polar surface area (TPSA) is 69.6 Å². The molecule has 2 aliphatic heterocycles. The number of aromatic nitrogens is 2. The number of likely N-dealkylation sites (tertiary alicyclic amines) is 1. The number of carboxylic acids is 1. The Balaban J connectivity index is 1.74. The first kappa shape index (κ1) is 16.7. The minimum Gasteiger partial charge on any atom is -0.481 e. The van der Waals surface area contributed by atoms with Crippen LogP contribution in [0.5, 0.6) is 0 Å². The van der Waals surface area contributed by atoms with Gasteiger partial charge in [0.25, 0.3) is 0 Å². The first-order valence-corrected chi connectivity index (χ1v) is 9.65. The van der Waals surface area contributed by atoms with Crippen molar-refractivity contribution in [3.05, 3.63) is 16.8 Å². The van der Waals surface area contributed by atoms with E-state index < -0.39 is 11.4 Å². The van der Waals surface area contributed by atoms with Gasteiger partial charge in [0, 0.05) is 24.0 Å². The maximum atomic E-state index is 12.1. The molecule has 0 saturated carbocycles. The highest BCUT2D eigenvalue weighted by molar-refractivity contribution is 7.18. The third-order valence-corrected chi connectivity index (χ3v) is 7.31. The molecule has 0 aliphatic carbocycles. The Morgan fingerprint density at radius 1 is 1.32 bits per heavy atom. The number of rotatable bonds is 2. The Kier molecular flexibility index (Phi) is 3.96. The monoisotopic (exact) mass is 360 g/mol. The molecule has 7 heteroatoms. The van der Waals surface area contributed by atoms with Gasteiger partial charge in [0.1, 0.15) is 17.0 Å². The van der Waals surface area contributed by atoms with Crippen molar-refractivity contribution in [2.24, 2.45) is 5.41 Å². The number of anilines is 1. The van der Waals surface area contributed by atoms with Crippen LogP contribution in [0.3, 0.4) is 0 Å². The SMILES string of the molecule is Cc1sc2ncnc(N3CC[C@@]4(C(=O)O)CCCN(C)[C@@H]4C3)c2c1C. The van der Waals surface area contributed by atoms with Gasteiger partial charge in [-0.05, 0) is 52.3 Å². The summed E-state index contributed by atoms with van der Waals surface area (Å²) in [6.45, 7) is 6.65. The molecule has 2 aromatic rings. The van der Waals surface area contributed by atoms with Crippen molar-refractivity contribution >= 4 is 33.3 Å². The van der Waals surface area contributed by atoms with Gasteiger partial charge in [-0.1, -0.05) is 0 Å². The van der Waals surface area contributed by atoms with E-state index in [4.69, 9.17) is 0 Å². The Morgan fingerprint density at radius 3 is 2.88 bits per heavy atom. The molecule has 0 bridgehead atoms. The van der Waals surface area contributed by atoms with E-state index in [1.54, 1.807) is 17.7 Å². The maximum absolute atomic E-state index is 12.1. The van der Waals surface area contributed by atoms with Gasteiger partial charge in [-0.25, -0.2) is 9.97 Å². The Labute approximate surface area is 151 Å². The highest BCUT2D eigenvalue weighted by Gasteiger charge is 2.52. The van der Waals surface area contributed by atoms with Crippen LogP contribution >= 0.6 is 11.3 Å². The molecule has 25 heavy (non-hydrogen) atoms. The van der Waals surface area contributed by atoms with Crippen molar-refractivity contribution in [1.29, 1.82) is 0 Å². The van der Waals surface area contributed by atoms with Crippen molar-refractivity contribution in [2.75, 3.05) is 31.6 Å². The molecule has 4 heterocycles. The number of hydrogen-bond donors (Lipinski definition) is 1. The van der Waals surface area contributed by atoms with Crippen LogP contribution in [0.15, 0.2) is 6.33 Å². The van der Waals surface area contributed by atoms with Gasteiger partial charge < -0.3 is 14.9 Å². The number of aryl methyl sites for hydroxylation is 2. The summed E-state index contributed by atoms with van der Waals surface area (Å²) in [5.74, 6) is 0.323. The number of hydrogen-bond acceptors (Lipinski definition) is 6. The molecular formula is C18H24N4O2S. The fraction of sp³-hybridized carbons (Fsp3) is 0.611. The maximum Gasteiger partial charge on any atom is 0.311 e. The largest absolute Gasteiger partial charge is 0.481 e. The fourth-order valence-electron chi connectivity index (χ4n) is 4.58. The molecular weight excluding hydrogens is 336 g/mol. The second-order valence-corrected chi connectivity index (χ2v) is 8.62. The van der Waals surface area contributed by atoms with E-state index in [1.807, 2.05) is 0 Å². The molecule has 2 fully saturated rings. The zero-order valence-electron chi connectivity index (χ0n) is 14.9. The van der Waals surface area contributed by atoms with Crippen LogP contribution in [0.25, 0.3) is 10.2 Å². The predicted octanol–water partition coefficient (Wildman–Crippen LogP) is 2.68. The van der Waals surface area contributed by atoms with Gasteiger partial charge in [-0.3, -0.25) is 4.79 Å². The zero-order chi connectivity index (χ0) is 17.8. The van der Waals surface area contributed by atoms with Crippen molar-refractivity contribution in [2.45, 2.75) is 39.2 Å². The minimum atomic E-state index is -0.640. The van der Waals surface area contributed by atoms with Crippen LogP contribution < -0.4 is 4.90 Å². The molecule has 1 N–H and O–H groups in total. The van der Waals surface area contributed by atoms with Gasteiger partial charge in [-0.2, -0.15) is 0 Å². The van der Waals surface area contributed by atoms with E-state index in [-0.39, 0.29) is 6.04 Å². The number of fused-ring (bicyclic) bond motifs is 2. The molecule has 134 valence electrons. The lowest BCUT2D eigenvalue weighted by Crippen LogP contribution is -2.63. The summed E-state index contributed by atoms with van der Waals surface area (Å²) in [7, 11) is 2.06. The van der Waals surface area contributed by atoms with E-state index >= 15 is 0 Å². The first-order valence-electron chi connectivity index (χ1n) is 8.83. The fourth-order valence-corrected chi connectivity index (χ4v) is 5.57. The van der Waals surface area contributed by atoms with Crippen LogP contribution in [-0.4, -0.2) is 58.7 Å². The number of nitrogens with zero attached hydrogens (tertiary/aromatic N) is 4. The predicted molar refractivity (Wildman–Crippen MR) is 99.4 cm³/mol. The lowest BCUT2D eigenvalue weighted by Gasteiger charge is -2.52. The number of thiophene rings is 1. The Morgan fingerprint density at radius 2 is 2.12 bits per heavy atom. The average Bonchev–Trinajstić information content (AvgIpc) is 2.89. The second-order valence-electron chi connectivity index (χ2n) is 7.42. The van der Waals surface area contributed by atoms with Crippen molar-refractivity contribution in [1.82, 2.24) is 14.9 Å². The summed E-state index contributed by atoms with van der Waals surface area (Å²) in [4.78, 5) is 27.9. The number of likely N-dealkylation sites (N-methyl/N-ethyl adjacent to an activating group) is 1. The molecule has 2 aliphatic rings. The van der Waals surface area contributed by atoms with E-state index in [1.165, 1.54) is 10.4 Å². The highest BCUT2D eigenvalue weighted by atomic mass is 32.1. The van der Waals surface area contributed by atoms with Crippen LogP contribution in [0, 0.1) is 19.3 Å². The van der Waals surface area contributed by atoms with Crippen LogP contribution in [0.4, 0.5) is 5.82 Å². The van der Waals surface area contributed by atoms with Crippen LogP contribution in [-0.2, 0) is 4.79 Å². The molecule has 4 rings (SSSR count). The smallest absolute Gasteiger partial charge is 0.311 e. The van der Waals surface area contributed by atoms with Crippen molar-refractivity contribution in [3.8, 4) is 0 Å². The molecule has 6 nitrogen and oxygen atoms in total. The summed E-state index contributed by atoms with van der Waals surface area (Å²) in [6.07, 6.45) is 4.04. The molecule has 2 atom stereocenters. The summed E-state index contributed by atoms with van der Waals surface area (Å²) in [5, 5.41) is 11.1. The third-order valence-electron chi connectivity index (χ3n) is 6.20. The van der Waals surface area contributed by atoms with Crippen LogP contribution in [0.2, 0.25) is 0 Å². The Hall–Kier alpha value is -1.73. The molecule has 2 aromatic heterocycles. The molecule has 0 aromatic carbocycles. The van der Waals surface area contributed by atoms with E-state index in [2.05, 4.69) is 40.7 Å². The zero-order valence-corrected chi connectivity index (χ0v) is 15.8. The summed E-state index contributed by atoms with van der Waals surface area (Å²) >= 11 is 1.70. The standard InChI is InChI=1S/C18H24N4O2S/c1-11-12(2)25-16-14(11)15(19-10-20-16)22-8-6-18(17(23)24)5-4-7-21(3)13(18)9-22/h10,13H,4-9H2,1-3H3,(H,23,24)/t13-,18+/m1/s1. The Bertz CT molecular complexity index is 836.